The lowest BCUT2D eigenvalue weighted by molar-refractivity contribution is -0.140. The van der Waals surface area contributed by atoms with E-state index in [1.165, 1.54) is 0 Å². The molecule has 0 atom stereocenters. The smallest absolute Gasteiger partial charge is 0.355 e. The Kier molecular flexibility index (Phi) is 5.60. The normalized spacial score (nSPS) is 14.3. The van der Waals surface area contributed by atoms with Crippen LogP contribution in [0.1, 0.15) is 10.4 Å². The molecule has 1 aliphatic rings. The summed E-state index contributed by atoms with van der Waals surface area (Å²) in [5, 5.41) is 8.95. The van der Waals surface area contributed by atoms with Crippen LogP contribution in [0.3, 0.4) is 0 Å². The summed E-state index contributed by atoms with van der Waals surface area (Å²) in [6.07, 6.45) is 0. The molecule has 0 bridgehead atoms. The van der Waals surface area contributed by atoms with Crippen molar-refractivity contribution in [2.45, 2.75) is 0 Å². The summed E-state index contributed by atoms with van der Waals surface area (Å²) in [7, 11) is 2.15. The number of anilines is 1. The van der Waals surface area contributed by atoms with Gasteiger partial charge in [-0.3, -0.25) is 0 Å². The molecule has 0 fully saturated rings. The molecule has 1 aromatic rings. The highest BCUT2D eigenvalue weighted by Crippen LogP contribution is 2.35. The number of nitrogens with zero attached hydrogens (tertiary/aromatic N) is 1. The first-order chi connectivity index (χ1) is 11.8. The lowest BCUT2D eigenvalue weighted by Crippen LogP contribution is -2.40. The van der Waals surface area contributed by atoms with Crippen LogP contribution in [0.2, 0.25) is 5.02 Å². The number of aromatic carboxylic acids is 1. The van der Waals surface area contributed by atoms with Crippen molar-refractivity contribution in [1.82, 2.24) is 0 Å². The second kappa shape index (κ2) is 7.49. The van der Waals surface area contributed by atoms with Crippen LogP contribution in [0.5, 0.6) is 0 Å². The quantitative estimate of drug-likeness (QED) is 0.793. The van der Waals surface area contributed by atoms with Crippen molar-refractivity contribution in [3.8, 4) is 0 Å². The lowest BCUT2D eigenvalue weighted by atomic mass is 10.1. The maximum Gasteiger partial charge on any atom is 0.355 e. The Balaban J connectivity index is 2.76. The van der Waals surface area contributed by atoms with Gasteiger partial charge in [0.2, 0.25) is 0 Å². The van der Waals surface area contributed by atoms with E-state index in [0.29, 0.717) is 0 Å². The maximum absolute atomic E-state index is 14.6. The van der Waals surface area contributed by atoms with E-state index in [1.807, 2.05) is 0 Å². The van der Waals surface area contributed by atoms with E-state index >= 15 is 0 Å². The molecular formula is C15H13ClFNO7. The number of methoxy groups -OCH3 is 2. The van der Waals surface area contributed by atoms with Gasteiger partial charge in [0.15, 0.2) is 5.82 Å². The zero-order valence-electron chi connectivity index (χ0n) is 13.2. The number of rotatable bonds is 4. The van der Waals surface area contributed by atoms with Gasteiger partial charge in [-0.2, -0.15) is 0 Å². The fraction of sp³-hybridized carbons (Fsp3) is 0.267. The first-order valence-corrected chi connectivity index (χ1v) is 7.17. The molecule has 0 radical (unpaired) electrons. The minimum absolute atomic E-state index is 0.240. The van der Waals surface area contributed by atoms with E-state index in [4.69, 9.17) is 16.3 Å². The molecule has 134 valence electrons. The fourth-order valence-corrected chi connectivity index (χ4v) is 2.45. The predicted octanol–water partition coefficient (Wildman–Crippen LogP) is 1.57. The van der Waals surface area contributed by atoms with Crippen LogP contribution in [-0.4, -0.2) is 50.6 Å². The van der Waals surface area contributed by atoms with Crippen molar-refractivity contribution in [3.63, 3.8) is 0 Å². The average molecular weight is 374 g/mol. The number of hydrogen-bond acceptors (Lipinski definition) is 7. The molecule has 1 aliphatic heterocycles. The number of esters is 2. The molecule has 0 aliphatic carbocycles. The summed E-state index contributed by atoms with van der Waals surface area (Å²) in [5.74, 6) is -4.43. The molecule has 10 heteroatoms. The van der Waals surface area contributed by atoms with Gasteiger partial charge in [0.25, 0.3) is 0 Å². The Labute approximate surface area is 146 Å². The van der Waals surface area contributed by atoms with Crippen LogP contribution in [0.25, 0.3) is 0 Å². The molecule has 0 saturated carbocycles. The third-order valence-corrected chi connectivity index (χ3v) is 3.69. The standard InChI is InChI=1S/C15H13ClFNO7/c1-23-14(21)8-5-25-6-18(12(8)15(22)24-2)11-7(13(19)20)3-4-9(16)10(11)17/h3-4H,5-6H2,1-2H3,(H,19,20). The molecule has 1 aromatic carbocycles. The number of carbonyl (C=O) groups excluding carboxylic acids is 2. The summed E-state index contributed by atoms with van der Waals surface area (Å²) in [4.78, 5) is 36.4. The SMILES string of the molecule is COC(=O)C1=C(C(=O)OC)N(c2c(C(=O)O)ccc(Cl)c2F)COC1. The fourth-order valence-electron chi connectivity index (χ4n) is 2.30. The van der Waals surface area contributed by atoms with Gasteiger partial charge in [0.1, 0.15) is 12.4 Å². The highest BCUT2D eigenvalue weighted by atomic mass is 35.5. The number of benzene rings is 1. The van der Waals surface area contributed by atoms with E-state index in [9.17, 15) is 23.9 Å². The Morgan fingerprint density at radius 1 is 1.24 bits per heavy atom. The molecule has 0 unspecified atom stereocenters. The molecule has 8 nitrogen and oxygen atoms in total. The molecule has 1 heterocycles. The topological polar surface area (TPSA) is 102 Å². The zero-order valence-corrected chi connectivity index (χ0v) is 13.9. The monoisotopic (exact) mass is 373 g/mol. The molecule has 2 rings (SSSR count). The van der Waals surface area contributed by atoms with Gasteiger partial charge in [-0.05, 0) is 12.1 Å². The molecule has 0 aromatic heterocycles. The van der Waals surface area contributed by atoms with E-state index < -0.39 is 41.7 Å². The minimum atomic E-state index is -1.46. The van der Waals surface area contributed by atoms with Crippen LogP contribution >= 0.6 is 11.6 Å². The van der Waals surface area contributed by atoms with Crippen LogP contribution < -0.4 is 4.90 Å². The highest BCUT2D eigenvalue weighted by Gasteiger charge is 2.36. The van der Waals surface area contributed by atoms with Crippen molar-refractivity contribution in [2.24, 2.45) is 0 Å². The molecule has 25 heavy (non-hydrogen) atoms. The van der Waals surface area contributed by atoms with Crippen molar-refractivity contribution < 1.29 is 38.1 Å². The zero-order chi connectivity index (χ0) is 18.7. The second-order valence-corrected chi connectivity index (χ2v) is 5.19. The summed E-state index contributed by atoms with van der Waals surface area (Å²) < 4.78 is 29.0. The second-order valence-electron chi connectivity index (χ2n) is 4.78. The van der Waals surface area contributed by atoms with E-state index in [2.05, 4.69) is 9.47 Å². The molecular weight excluding hydrogens is 361 g/mol. The number of carboxylic acid groups (broad SMARTS) is 1. The summed E-state index contributed by atoms with van der Waals surface area (Å²) in [6, 6.07) is 2.14. The van der Waals surface area contributed by atoms with E-state index in [1.54, 1.807) is 0 Å². The van der Waals surface area contributed by atoms with Crippen LogP contribution in [0, 0.1) is 5.82 Å². The third kappa shape index (κ3) is 3.42. The van der Waals surface area contributed by atoms with Crippen LogP contribution in [0.4, 0.5) is 10.1 Å². The van der Waals surface area contributed by atoms with Gasteiger partial charge in [-0.1, -0.05) is 11.6 Å². The minimum Gasteiger partial charge on any atom is -0.478 e. The molecule has 1 N–H and O–H groups in total. The van der Waals surface area contributed by atoms with Gasteiger partial charge in [-0.15, -0.1) is 0 Å². The van der Waals surface area contributed by atoms with Gasteiger partial charge in [-0.25, -0.2) is 18.8 Å². The summed E-state index contributed by atoms with van der Waals surface area (Å²) in [5.41, 5.74) is -1.62. The Bertz CT molecular complexity index is 777. The third-order valence-electron chi connectivity index (χ3n) is 3.40. The van der Waals surface area contributed by atoms with Crippen molar-refractivity contribution in [3.05, 3.63) is 39.8 Å². The lowest BCUT2D eigenvalue weighted by Gasteiger charge is -2.32. The van der Waals surface area contributed by atoms with Gasteiger partial charge in [0, 0.05) is 0 Å². The number of carbonyl (C=O) groups is 3. The van der Waals surface area contributed by atoms with Crippen molar-refractivity contribution in [2.75, 3.05) is 32.5 Å². The molecule has 0 spiro atoms. The van der Waals surface area contributed by atoms with Gasteiger partial charge in [0.05, 0.1) is 42.7 Å². The van der Waals surface area contributed by atoms with Crippen molar-refractivity contribution in [1.29, 1.82) is 0 Å². The largest absolute Gasteiger partial charge is 0.478 e. The van der Waals surface area contributed by atoms with Crippen molar-refractivity contribution >= 4 is 35.2 Å². The first-order valence-electron chi connectivity index (χ1n) is 6.79. The van der Waals surface area contributed by atoms with E-state index in [-0.39, 0.29) is 22.9 Å². The number of carboxylic acids is 1. The number of hydrogen-bond donors (Lipinski definition) is 1. The first kappa shape index (κ1) is 18.7. The number of halogens is 2. The average Bonchev–Trinajstić information content (AvgIpc) is 2.61. The predicted molar refractivity (Wildman–Crippen MR) is 82.7 cm³/mol. The molecule has 0 saturated heterocycles. The molecule has 0 amide bonds. The van der Waals surface area contributed by atoms with Crippen LogP contribution in [-0.2, 0) is 23.8 Å². The Morgan fingerprint density at radius 2 is 1.88 bits per heavy atom. The number of ether oxygens (including phenoxy) is 3. The van der Waals surface area contributed by atoms with Gasteiger partial charge >= 0.3 is 17.9 Å². The maximum atomic E-state index is 14.6. The Morgan fingerprint density at radius 3 is 2.44 bits per heavy atom. The highest BCUT2D eigenvalue weighted by molar-refractivity contribution is 6.31. The van der Waals surface area contributed by atoms with Gasteiger partial charge < -0.3 is 24.2 Å². The van der Waals surface area contributed by atoms with E-state index in [0.717, 1.165) is 31.3 Å². The Hall–Kier alpha value is -2.65. The van der Waals surface area contributed by atoms with Crippen LogP contribution in [0.15, 0.2) is 23.4 Å². The summed E-state index contributed by atoms with van der Waals surface area (Å²) in [6.45, 7) is -0.694. The summed E-state index contributed by atoms with van der Waals surface area (Å²) >= 11 is 5.74.